The van der Waals surface area contributed by atoms with Gasteiger partial charge in [0, 0.05) is 34.4 Å². The van der Waals surface area contributed by atoms with E-state index in [1.165, 1.54) is 0 Å². The first-order valence-electron chi connectivity index (χ1n) is 10.2. The molecule has 2 N–H and O–H groups in total. The van der Waals surface area contributed by atoms with E-state index >= 15 is 0 Å². The molecule has 0 aromatic heterocycles. The normalized spacial score (nSPS) is 20.8. The molecule has 1 aliphatic carbocycles. The second kappa shape index (κ2) is 13.4. The first-order chi connectivity index (χ1) is 13.0. The molecule has 1 aromatic rings. The van der Waals surface area contributed by atoms with Crippen molar-refractivity contribution in [2.45, 2.75) is 64.7 Å². The highest BCUT2D eigenvalue weighted by Crippen LogP contribution is 2.23. The molecule has 0 saturated heterocycles. The molecule has 0 amide bonds. The van der Waals surface area contributed by atoms with Crippen LogP contribution in [0.2, 0.25) is 0 Å². The van der Waals surface area contributed by atoms with Crippen molar-refractivity contribution >= 4 is 40.7 Å². The lowest BCUT2D eigenvalue weighted by Crippen LogP contribution is -2.46. The number of nitrogens with zero attached hydrogens (tertiary/aromatic N) is 1. The summed E-state index contributed by atoms with van der Waals surface area (Å²) in [5.74, 6) is 2.54. The molecular weight excluding hydrogens is 485 g/mol. The number of aliphatic imine (C=N–C) groups is 1. The van der Waals surface area contributed by atoms with Crippen molar-refractivity contribution in [2.75, 3.05) is 25.4 Å². The van der Waals surface area contributed by atoms with Crippen LogP contribution in [0, 0.1) is 13.8 Å². The van der Waals surface area contributed by atoms with Gasteiger partial charge in [0.15, 0.2) is 5.96 Å². The molecule has 0 radical (unpaired) electrons. The Kier molecular flexibility index (Phi) is 12.1. The highest BCUT2D eigenvalue weighted by Gasteiger charge is 2.26. The van der Waals surface area contributed by atoms with Crippen molar-refractivity contribution < 1.29 is 8.95 Å². The van der Waals surface area contributed by atoms with Crippen LogP contribution in [0.25, 0.3) is 0 Å². The number of rotatable bonds is 8. The second-order valence-corrected chi connectivity index (χ2v) is 9.13. The van der Waals surface area contributed by atoms with Gasteiger partial charge in [0.25, 0.3) is 0 Å². The van der Waals surface area contributed by atoms with Gasteiger partial charge in [-0.15, -0.1) is 24.0 Å². The van der Waals surface area contributed by atoms with Crippen LogP contribution in [0.4, 0.5) is 0 Å². The number of halogens is 1. The number of guanidine groups is 1. The van der Waals surface area contributed by atoms with Crippen LogP contribution >= 0.6 is 24.0 Å². The number of para-hydroxylation sites is 1. The molecular formula is C21H36IN3O2S. The fraction of sp³-hybridized carbons (Fsp3) is 0.667. The Labute approximate surface area is 190 Å². The first kappa shape index (κ1) is 25.2. The van der Waals surface area contributed by atoms with Gasteiger partial charge in [0.1, 0.15) is 12.4 Å². The van der Waals surface area contributed by atoms with E-state index < -0.39 is 10.8 Å². The molecule has 0 bridgehead atoms. The maximum atomic E-state index is 12.1. The summed E-state index contributed by atoms with van der Waals surface area (Å²) in [5.41, 5.74) is 2.31. The van der Waals surface area contributed by atoms with Gasteiger partial charge in [-0.25, -0.2) is 4.99 Å². The van der Waals surface area contributed by atoms with Gasteiger partial charge >= 0.3 is 0 Å². The minimum absolute atomic E-state index is 0. The summed E-state index contributed by atoms with van der Waals surface area (Å²) >= 11 is 0. The summed E-state index contributed by atoms with van der Waals surface area (Å²) in [4.78, 5) is 4.67. The summed E-state index contributed by atoms with van der Waals surface area (Å²) < 4.78 is 18.1. The summed E-state index contributed by atoms with van der Waals surface area (Å²) in [6.45, 7) is 10.2. The van der Waals surface area contributed by atoms with Crippen LogP contribution in [-0.2, 0) is 10.8 Å². The maximum Gasteiger partial charge on any atom is 0.191 e. The lowest BCUT2D eigenvalue weighted by Gasteiger charge is -2.30. The van der Waals surface area contributed by atoms with Crippen molar-refractivity contribution in [1.82, 2.24) is 10.6 Å². The standard InChI is InChI=1S/C21H35N3O2S.HI/c1-5-22-21(24-18-11-8-12-19(15-18)27(25)6-2)23-13-14-26-20-16(3)9-7-10-17(20)4;/h7,9-10,18-19H,5-6,8,11-15H2,1-4H3,(H2,22,23,24);1H. The SMILES string of the molecule is CCNC(=NCCOc1c(C)cccc1C)NC1CCCC(S(=O)CC)C1.I. The molecule has 3 unspecified atom stereocenters. The first-order valence-corrected chi connectivity index (χ1v) is 11.5. The molecule has 1 aliphatic rings. The van der Waals surface area contributed by atoms with Crippen LogP contribution in [0.3, 0.4) is 0 Å². The molecule has 7 heteroatoms. The predicted octanol–water partition coefficient (Wildman–Crippen LogP) is 3.94. The topological polar surface area (TPSA) is 62.7 Å². The summed E-state index contributed by atoms with van der Waals surface area (Å²) in [6, 6.07) is 6.52. The average Bonchev–Trinajstić information content (AvgIpc) is 2.66. The summed E-state index contributed by atoms with van der Waals surface area (Å²) in [7, 11) is -0.706. The molecule has 5 nitrogen and oxygen atoms in total. The number of ether oxygens (including phenoxy) is 1. The number of nitrogens with one attached hydrogen (secondary N) is 2. The molecule has 0 spiro atoms. The number of aryl methyl sites for hydroxylation is 2. The van der Waals surface area contributed by atoms with Crippen molar-refractivity contribution in [2.24, 2.45) is 4.99 Å². The van der Waals surface area contributed by atoms with Crippen molar-refractivity contribution in [3.63, 3.8) is 0 Å². The van der Waals surface area contributed by atoms with Crippen LogP contribution in [0.15, 0.2) is 23.2 Å². The Hall–Kier alpha value is -0.830. The molecule has 0 aliphatic heterocycles. The van der Waals surface area contributed by atoms with E-state index in [1.54, 1.807) is 0 Å². The predicted molar refractivity (Wildman–Crippen MR) is 131 cm³/mol. The molecule has 160 valence electrons. The number of hydrogen-bond donors (Lipinski definition) is 2. The van der Waals surface area contributed by atoms with E-state index in [0.29, 0.717) is 24.4 Å². The zero-order chi connectivity index (χ0) is 19.6. The van der Waals surface area contributed by atoms with Crippen LogP contribution in [-0.4, -0.2) is 46.9 Å². The number of hydrogen-bond acceptors (Lipinski definition) is 3. The largest absolute Gasteiger partial charge is 0.491 e. The van der Waals surface area contributed by atoms with E-state index in [0.717, 1.165) is 60.8 Å². The number of benzene rings is 1. The minimum Gasteiger partial charge on any atom is -0.491 e. The van der Waals surface area contributed by atoms with Crippen LogP contribution < -0.4 is 15.4 Å². The van der Waals surface area contributed by atoms with Gasteiger partial charge in [-0.3, -0.25) is 4.21 Å². The van der Waals surface area contributed by atoms with E-state index in [9.17, 15) is 4.21 Å². The zero-order valence-corrected chi connectivity index (χ0v) is 20.8. The lowest BCUT2D eigenvalue weighted by atomic mass is 9.95. The van der Waals surface area contributed by atoms with Crippen molar-refractivity contribution in [3.05, 3.63) is 29.3 Å². The Morgan fingerprint density at radius 1 is 1.25 bits per heavy atom. The summed E-state index contributed by atoms with van der Waals surface area (Å²) in [5, 5.41) is 7.17. The Balaban J connectivity index is 0.00000392. The smallest absolute Gasteiger partial charge is 0.191 e. The zero-order valence-electron chi connectivity index (χ0n) is 17.6. The summed E-state index contributed by atoms with van der Waals surface area (Å²) in [6.07, 6.45) is 4.28. The highest BCUT2D eigenvalue weighted by molar-refractivity contribution is 14.0. The molecule has 0 heterocycles. The van der Waals surface area contributed by atoms with Gasteiger partial charge in [0.05, 0.1) is 6.54 Å². The van der Waals surface area contributed by atoms with Crippen LogP contribution in [0.1, 0.15) is 50.7 Å². The lowest BCUT2D eigenvalue weighted by molar-refractivity contribution is 0.323. The Morgan fingerprint density at radius 2 is 1.96 bits per heavy atom. The highest BCUT2D eigenvalue weighted by atomic mass is 127. The van der Waals surface area contributed by atoms with Gasteiger partial charge < -0.3 is 15.4 Å². The van der Waals surface area contributed by atoms with Crippen molar-refractivity contribution in [1.29, 1.82) is 0 Å². The van der Waals surface area contributed by atoms with E-state index in [4.69, 9.17) is 4.74 Å². The van der Waals surface area contributed by atoms with E-state index in [-0.39, 0.29) is 24.0 Å². The quantitative estimate of drug-likeness (QED) is 0.236. The molecule has 28 heavy (non-hydrogen) atoms. The Morgan fingerprint density at radius 3 is 2.61 bits per heavy atom. The molecule has 3 atom stereocenters. The minimum atomic E-state index is -0.706. The fourth-order valence-corrected chi connectivity index (χ4v) is 4.94. The molecule has 2 rings (SSSR count). The fourth-order valence-electron chi connectivity index (χ4n) is 3.60. The van der Waals surface area contributed by atoms with Gasteiger partial charge in [-0.05, 0) is 51.2 Å². The van der Waals surface area contributed by atoms with E-state index in [1.807, 2.05) is 13.0 Å². The monoisotopic (exact) mass is 521 g/mol. The third-order valence-electron chi connectivity index (χ3n) is 4.98. The molecule has 1 fully saturated rings. The molecule has 1 saturated carbocycles. The van der Waals surface area contributed by atoms with Gasteiger partial charge in [0.2, 0.25) is 0 Å². The Bertz CT molecular complexity index is 634. The van der Waals surface area contributed by atoms with Crippen molar-refractivity contribution in [3.8, 4) is 5.75 Å². The average molecular weight is 522 g/mol. The molecule has 1 aromatic carbocycles. The van der Waals surface area contributed by atoms with Crippen LogP contribution in [0.5, 0.6) is 5.75 Å². The second-order valence-electron chi connectivity index (χ2n) is 7.13. The van der Waals surface area contributed by atoms with Gasteiger partial charge in [-0.2, -0.15) is 0 Å². The third kappa shape index (κ3) is 7.89. The third-order valence-corrected chi connectivity index (χ3v) is 6.72. The maximum absolute atomic E-state index is 12.1. The van der Waals surface area contributed by atoms with Gasteiger partial charge in [-0.1, -0.05) is 31.5 Å². The van der Waals surface area contributed by atoms with E-state index in [2.05, 4.69) is 48.5 Å².